The molecule has 7 heteroatoms. The zero-order valence-electron chi connectivity index (χ0n) is 10.7. The molecule has 0 aliphatic rings. The first-order chi connectivity index (χ1) is 9.44. The van der Waals surface area contributed by atoms with E-state index in [1.165, 1.54) is 29.5 Å². The van der Waals surface area contributed by atoms with Crippen LogP contribution in [-0.4, -0.2) is 8.42 Å². The molecular formula is C13H13N3O2S2. The van der Waals surface area contributed by atoms with Gasteiger partial charge >= 0.3 is 0 Å². The van der Waals surface area contributed by atoms with Gasteiger partial charge < -0.3 is 5.73 Å². The van der Waals surface area contributed by atoms with Crippen LogP contribution in [0.5, 0.6) is 0 Å². The summed E-state index contributed by atoms with van der Waals surface area (Å²) in [5.74, 6) is 0. The predicted octanol–water partition coefficient (Wildman–Crippen LogP) is 2.24. The van der Waals surface area contributed by atoms with E-state index in [4.69, 9.17) is 11.0 Å². The van der Waals surface area contributed by atoms with Gasteiger partial charge in [0.25, 0.3) is 0 Å². The largest absolute Gasteiger partial charge is 0.398 e. The third kappa shape index (κ3) is 2.99. The molecule has 1 aromatic carbocycles. The zero-order valence-corrected chi connectivity index (χ0v) is 12.3. The second-order valence-corrected chi connectivity index (χ2v) is 6.88. The Kier molecular flexibility index (Phi) is 4.09. The fourth-order valence-corrected chi connectivity index (χ4v) is 3.90. The van der Waals surface area contributed by atoms with Crippen molar-refractivity contribution in [3.63, 3.8) is 0 Å². The van der Waals surface area contributed by atoms with E-state index in [-0.39, 0.29) is 16.6 Å². The van der Waals surface area contributed by atoms with Crippen LogP contribution in [-0.2, 0) is 10.0 Å². The maximum Gasteiger partial charge on any atom is 0.243 e. The third-order valence-electron chi connectivity index (χ3n) is 2.73. The van der Waals surface area contributed by atoms with Gasteiger partial charge in [0.2, 0.25) is 10.0 Å². The van der Waals surface area contributed by atoms with Crippen LogP contribution >= 0.6 is 11.3 Å². The molecule has 0 aliphatic heterocycles. The summed E-state index contributed by atoms with van der Waals surface area (Å²) in [6.07, 6.45) is 0. The number of hydrogen-bond donors (Lipinski definition) is 2. The van der Waals surface area contributed by atoms with Gasteiger partial charge in [-0.05, 0) is 36.6 Å². The second-order valence-electron chi connectivity index (χ2n) is 4.22. The van der Waals surface area contributed by atoms with Crippen molar-refractivity contribution in [3.8, 4) is 6.07 Å². The van der Waals surface area contributed by atoms with Crippen molar-refractivity contribution in [2.45, 2.75) is 17.9 Å². The first-order valence-electron chi connectivity index (χ1n) is 5.79. The number of anilines is 1. The molecule has 0 bridgehead atoms. The number of nitrogens with one attached hydrogen (secondary N) is 1. The molecule has 104 valence electrons. The molecule has 1 heterocycles. The summed E-state index contributed by atoms with van der Waals surface area (Å²) < 4.78 is 27.2. The summed E-state index contributed by atoms with van der Waals surface area (Å²) in [5.41, 5.74) is 6.10. The van der Waals surface area contributed by atoms with E-state index < -0.39 is 10.0 Å². The van der Waals surface area contributed by atoms with E-state index in [1.807, 2.05) is 23.6 Å². The summed E-state index contributed by atoms with van der Waals surface area (Å²) in [5, 5.41) is 10.6. The van der Waals surface area contributed by atoms with Crippen molar-refractivity contribution < 1.29 is 8.42 Å². The molecular weight excluding hydrogens is 294 g/mol. The molecule has 3 N–H and O–H groups in total. The molecule has 20 heavy (non-hydrogen) atoms. The molecule has 0 spiro atoms. The minimum Gasteiger partial charge on any atom is -0.398 e. The molecule has 1 aromatic heterocycles. The topological polar surface area (TPSA) is 96.0 Å². The number of nitrogens with zero attached hydrogens (tertiary/aromatic N) is 1. The Hall–Kier alpha value is -1.88. The van der Waals surface area contributed by atoms with Gasteiger partial charge in [-0.1, -0.05) is 6.07 Å². The fourth-order valence-electron chi connectivity index (χ4n) is 1.75. The number of thiophene rings is 1. The van der Waals surface area contributed by atoms with Gasteiger partial charge in [-0.15, -0.1) is 11.3 Å². The van der Waals surface area contributed by atoms with Crippen molar-refractivity contribution >= 4 is 27.0 Å². The molecule has 0 fully saturated rings. The molecule has 0 saturated heterocycles. The number of rotatable bonds is 4. The lowest BCUT2D eigenvalue weighted by Crippen LogP contribution is -2.27. The Morgan fingerprint density at radius 1 is 1.40 bits per heavy atom. The van der Waals surface area contributed by atoms with Crippen LogP contribution in [0.4, 0.5) is 5.69 Å². The van der Waals surface area contributed by atoms with Crippen molar-refractivity contribution in [1.82, 2.24) is 4.72 Å². The van der Waals surface area contributed by atoms with Gasteiger partial charge in [-0.25, -0.2) is 13.1 Å². The minimum atomic E-state index is -3.72. The normalized spacial score (nSPS) is 12.8. The van der Waals surface area contributed by atoms with Crippen LogP contribution in [0.2, 0.25) is 0 Å². The third-order valence-corrected chi connectivity index (χ3v) is 5.40. The summed E-state index contributed by atoms with van der Waals surface area (Å²) in [7, 11) is -3.72. The standard InChI is InChI=1S/C13H13N3O2S2/c1-9(12-3-2-6-19-12)16-20(17,18)13-5-4-10(8-14)7-11(13)15/h2-7,9,16H,15H2,1H3. The highest BCUT2D eigenvalue weighted by Gasteiger charge is 2.21. The smallest absolute Gasteiger partial charge is 0.243 e. The first kappa shape index (κ1) is 14.5. The van der Waals surface area contributed by atoms with Gasteiger partial charge in [0.1, 0.15) is 4.90 Å². The molecule has 2 rings (SSSR count). The Morgan fingerprint density at radius 2 is 2.15 bits per heavy atom. The lowest BCUT2D eigenvalue weighted by Gasteiger charge is -2.14. The zero-order chi connectivity index (χ0) is 14.8. The summed E-state index contributed by atoms with van der Waals surface area (Å²) in [6.45, 7) is 1.77. The van der Waals surface area contributed by atoms with Crippen molar-refractivity contribution in [2.24, 2.45) is 0 Å². The van der Waals surface area contributed by atoms with Crippen LogP contribution in [0.1, 0.15) is 23.4 Å². The summed E-state index contributed by atoms with van der Waals surface area (Å²) in [6, 6.07) is 9.43. The second kappa shape index (κ2) is 5.63. The van der Waals surface area contributed by atoms with Crippen LogP contribution in [0.3, 0.4) is 0 Å². The highest BCUT2D eigenvalue weighted by atomic mass is 32.2. The Balaban J connectivity index is 2.29. The van der Waals surface area contributed by atoms with Crippen molar-refractivity contribution in [2.75, 3.05) is 5.73 Å². The number of benzene rings is 1. The van der Waals surface area contributed by atoms with Gasteiger partial charge in [0.05, 0.1) is 23.4 Å². The molecule has 5 nitrogen and oxygen atoms in total. The average Bonchev–Trinajstić information content (AvgIpc) is 2.91. The molecule has 0 radical (unpaired) electrons. The predicted molar refractivity (Wildman–Crippen MR) is 78.6 cm³/mol. The highest BCUT2D eigenvalue weighted by Crippen LogP contribution is 2.24. The van der Waals surface area contributed by atoms with Crippen molar-refractivity contribution in [1.29, 1.82) is 5.26 Å². The van der Waals surface area contributed by atoms with Gasteiger partial charge in [-0.2, -0.15) is 5.26 Å². The maximum atomic E-state index is 12.3. The summed E-state index contributed by atoms with van der Waals surface area (Å²) in [4.78, 5) is 0.903. The van der Waals surface area contributed by atoms with Gasteiger partial charge in [0.15, 0.2) is 0 Å². The van der Waals surface area contributed by atoms with Crippen LogP contribution in [0, 0.1) is 11.3 Å². The maximum absolute atomic E-state index is 12.3. The minimum absolute atomic E-state index is 0.0140. The quantitative estimate of drug-likeness (QED) is 0.847. The molecule has 0 aliphatic carbocycles. The van der Waals surface area contributed by atoms with Gasteiger partial charge in [-0.3, -0.25) is 0 Å². The SMILES string of the molecule is CC(NS(=O)(=O)c1ccc(C#N)cc1N)c1cccs1. The lowest BCUT2D eigenvalue weighted by atomic mass is 10.2. The van der Waals surface area contributed by atoms with Crippen LogP contribution in [0.15, 0.2) is 40.6 Å². The molecule has 0 saturated carbocycles. The summed E-state index contributed by atoms with van der Waals surface area (Å²) >= 11 is 1.48. The molecule has 0 amide bonds. The highest BCUT2D eigenvalue weighted by molar-refractivity contribution is 7.89. The van der Waals surface area contributed by atoms with E-state index in [1.54, 1.807) is 6.92 Å². The number of hydrogen-bond acceptors (Lipinski definition) is 5. The number of nitrogens with two attached hydrogens (primary N) is 1. The molecule has 1 atom stereocenters. The number of nitrogen functional groups attached to an aromatic ring is 1. The van der Waals surface area contributed by atoms with E-state index >= 15 is 0 Å². The van der Waals surface area contributed by atoms with E-state index in [0.29, 0.717) is 5.56 Å². The Morgan fingerprint density at radius 3 is 2.70 bits per heavy atom. The number of nitriles is 1. The molecule has 1 unspecified atom stereocenters. The van der Waals surface area contributed by atoms with Gasteiger partial charge in [0, 0.05) is 4.88 Å². The van der Waals surface area contributed by atoms with Crippen molar-refractivity contribution in [3.05, 3.63) is 46.2 Å². The number of sulfonamides is 1. The van der Waals surface area contributed by atoms with E-state index in [0.717, 1.165) is 4.88 Å². The van der Waals surface area contributed by atoms with E-state index in [2.05, 4.69) is 4.72 Å². The fraction of sp³-hybridized carbons (Fsp3) is 0.154. The first-order valence-corrected chi connectivity index (χ1v) is 8.15. The van der Waals surface area contributed by atoms with Crippen LogP contribution < -0.4 is 10.5 Å². The Labute approximate surface area is 121 Å². The average molecular weight is 307 g/mol. The lowest BCUT2D eigenvalue weighted by molar-refractivity contribution is 0.569. The van der Waals surface area contributed by atoms with Crippen LogP contribution in [0.25, 0.3) is 0 Å². The Bertz CT molecular complexity index is 746. The van der Waals surface area contributed by atoms with E-state index in [9.17, 15) is 8.42 Å². The monoisotopic (exact) mass is 307 g/mol. The molecule has 2 aromatic rings.